The van der Waals surface area contributed by atoms with Crippen molar-refractivity contribution in [2.45, 2.75) is 11.3 Å². The van der Waals surface area contributed by atoms with Gasteiger partial charge in [-0.15, -0.1) is 0 Å². The third-order valence-corrected chi connectivity index (χ3v) is 5.46. The maximum Gasteiger partial charge on any atom is 0.264 e. The molecular weight excluding hydrogens is 291 g/mol. The summed E-state index contributed by atoms with van der Waals surface area (Å²) in [7, 11) is -1.89. The second-order valence-corrected chi connectivity index (χ2v) is 6.74. The van der Waals surface area contributed by atoms with Gasteiger partial charge in [0, 0.05) is 19.3 Å². The van der Waals surface area contributed by atoms with Gasteiger partial charge in [0.05, 0.1) is 10.6 Å². The maximum atomic E-state index is 13.4. The number of rotatable bonds is 3. The first-order valence-electron chi connectivity index (χ1n) is 6.61. The first-order chi connectivity index (χ1) is 10.0. The highest BCUT2D eigenvalue weighted by Crippen LogP contribution is 2.33. The highest BCUT2D eigenvalue weighted by molar-refractivity contribution is 7.92. The molecule has 1 aliphatic rings. The predicted octanol–water partition coefficient (Wildman–Crippen LogP) is 2.62. The highest BCUT2D eigenvalue weighted by atomic mass is 32.2. The average molecular weight is 306 g/mol. The molecule has 0 atom stereocenters. The fraction of sp³-hybridized carbons (Fsp3) is 0.200. The molecular formula is C15H15FN2O2S. The molecule has 110 valence electrons. The Morgan fingerprint density at radius 1 is 1.14 bits per heavy atom. The van der Waals surface area contributed by atoms with Crippen molar-refractivity contribution in [3.63, 3.8) is 0 Å². The standard InChI is InChI=1S/C15H15FN2O2S/c1-17-13-4-6-14(7-5-13)21(19,20)18-9-8-11-2-3-12(16)10-15(11)18/h2-7,10,17H,8-9H2,1H3. The molecule has 0 bridgehead atoms. The lowest BCUT2D eigenvalue weighted by atomic mass is 10.2. The topological polar surface area (TPSA) is 49.4 Å². The fourth-order valence-electron chi connectivity index (χ4n) is 2.49. The van der Waals surface area contributed by atoms with Crippen LogP contribution in [-0.2, 0) is 16.4 Å². The van der Waals surface area contributed by atoms with Gasteiger partial charge in [-0.3, -0.25) is 4.31 Å². The molecule has 0 radical (unpaired) electrons. The summed E-state index contributed by atoms with van der Waals surface area (Å²) in [5.41, 5.74) is 2.13. The van der Waals surface area contributed by atoms with Crippen LogP contribution in [0, 0.1) is 5.82 Å². The van der Waals surface area contributed by atoms with E-state index in [0.29, 0.717) is 18.7 Å². The minimum absolute atomic E-state index is 0.207. The Morgan fingerprint density at radius 2 is 1.86 bits per heavy atom. The molecule has 0 unspecified atom stereocenters. The number of nitrogens with zero attached hydrogens (tertiary/aromatic N) is 1. The van der Waals surface area contributed by atoms with Crippen molar-refractivity contribution in [2.24, 2.45) is 0 Å². The first-order valence-corrected chi connectivity index (χ1v) is 8.05. The molecule has 21 heavy (non-hydrogen) atoms. The number of fused-ring (bicyclic) bond motifs is 1. The highest BCUT2D eigenvalue weighted by Gasteiger charge is 2.31. The van der Waals surface area contributed by atoms with Crippen LogP contribution in [0.15, 0.2) is 47.4 Å². The van der Waals surface area contributed by atoms with Crippen molar-refractivity contribution in [1.29, 1.82) is 0 Å². The van der Waals surface area contributed by atoms with E-state index in [9.17, 15) is 12.8 Å². The van der Waals surface area contributed by atoms with Crippen molar-refractivity contribution < 1.29 is 12.8 Å². The van der Waals surface area contributed by atoms with Gasteiger partial charge in [-0.2, -0.15) is 0 Å². The van der Waals surface area contributed by atoms with Crippen molar-refractivity contribution in [3.8, 4) is 0 Å². The summed E-state index contributed by atoms with van der Waals surface area (Å²) >= 11 is 0. The summed E-state index contributed by atoms with van der Waals surface area (Å²) in [6.45, 7) is 0.342. The first kappa shape index (κ1) is 13.9. The molecule has 2 aromatic carbocycles. The Balaban J connectivity index is 2.02. The van der Waals surface area contributed by atoms with Gasteiger partial charge in [-0.05, 0) is 48.4 Å². The molecule has 0 saturated heterocycles. The summed E-state index contributed by atoms with van der Waals surface area (Å²) < 4.78 is 40.1. The number of hydrogen-bond acceptors (Lipinski definition) is 3. The molecule has 1 aliphatic heterocycles. The molecule has 0 spiro atoms. The molecule has 1 heterocycles. The van der Waals surface area contributed by atoms with Crippen LogP contribution in [0.25, 0.3) is 0 Å². The summed E-state index contributed by atoms with van der Waals surface area (Å²) in [4.78, 5) is 0.207. The molecule has 0 aliphatic carbocycles. The lowest BCUT2D eigenvalue weighted by Crippen LogP contribution is -2.29. The number of sulfonamides is 1. The zero-order chi connectivity index (χ0) is 15.0. The van der Waals surface area contributed by atoms with Crippen LogP contribution in [0.4, 0.5) is 15.8 Å². The molecule has 2 aromatic rings. The zero-order valence-electron chi connectivity index (χ0n) is 11.5. The lowest BCUT2D eigenvalue weighted by molar-refractivity contribution is 0.592. The SMILES string of the molecule is CNc1ccc(S(=O)(=O)N2CCc3ccc(F)cc32)cc1. The fourth-order valence-corrected chi connectivity index (χ4v) is 3.99. The Kier molecular flexibility index (Phi) is 3.33. The van der Waals surface area contributed by atoms with Crippen LogP contribution in [0.3, 0.4) is 0 Å². The van der Waals surface area contributed by atoms with Gasteiger partial charge in [0.2, 0.25) is 0 Å². The number of anilines is 2. The third kappa shape index (κ3) is 2.35. The van der Waals surface area contributed by atoms with Crippen molar-refractivity contribution in [3.05, 3.63) is 53.8 Å². The molecule has 0 aromatic heterocycles. The van der Waals surface area contributed by atoms with Gasteiger partial charge in [0.15, 0.2) is 0 Å². The van der Waals surface area contributed by atoms with Crippen LogP contribution in [0.1, 0.15) is 5.56 Å². The van der Waals surface area contributed by atoms with E-state index in [2.05, 4.69) is 5.32 Å². The van der Waals surface area contributed by atoms with Gasteiger partial charge in [-0.25, -0.2) is 12.8 Å². The largest absolute Gasteiger partial charge is 0.388 e. The van der Waals surface area contributed by atoms with Crippen molar-refractivity contribution in [1.82, 2.24) is 0 Å². The van der Waals surface area contributed by atoms with E-state index >= 15 is 0 Å². The minimum Gasteiger partial charge on any atom is -0.388 e. The van der Waals surface area contributed by atoms with Crippen molar-refractivity contribution in [2.75, 3.05) is 23.2 Å². The van der Waals surface area contributed by atoms with Crippen LogP contribution in [-0.4, -0.2) is 22.0 Å². The van der Waals surface area contributed by atoms with Crippen LogP contribution in [0.2, 0.25) is 0 Å². The van der Waals surface area contributed by atoms with Gasteiger partial charge in [-0.1, -0.05) is 6.07 Å². The van der Waals surface area contributed by atoms with E-state index in [1.54, 1.807) is 37.4 Å². The molecule has 0 amide bonds. The molecule has 6 heteroatoms. The Bertz CT molecular complexity index is 773. The lowest BCUT2D eigenvalue weighted by Gasteiger charge is -2.19. The number of halogens is 1. The van der Waals surface area contributed by atoms with E-state index in [1.165, 1.54) is 16.4 Å². The van der Waals surface area contributed by atoms with Crippen molar-refractivity contribution >= 4 is 21.4 Å². The van der Waals surface area contributed by atoms with Crippen LogP contribution < -0.4 is 9.62 Å². The monoisotopic (exact) mass is 306 g/mol. The zero-order valence-corrected chi connectivity index (χ0v) is 12.3. The second-order valence-electron chi connectivity index (χ2n) is 4.87. The Hall–Kier alpha value is -2.08. The van der Waals surface area contributed by atoms with Gasteiger partial charge >= 0.3 is 0 Å². The molecule has 0 fully saturated rings. The molecule has 0 saturated carbocycles. The van der Waals surface area contributed by atoms with Crippen LogP contribution in [0.5, 0.6) is 0 Å². The summed E-state index contributed by atoms with van der Waals surface area (Å²) in [6, 6.07) is 10.8. The van der Waals surface area contributed by atoms with Gasteiger partial charge in [0.25, 0.3) is 10.0 Å². The quantitative estimate of drug-likeness (QED) is 0.948. The number of benzene rings is 2. The Labute approximate surface area is 123 Å². The average Bonchev–Trinajstić information content (AvgIpc) is 2.91. The van der Waals surface area contributed by atoms with E-state index in [1.807, 2.05) is 0 Å². The van der Waals surface area contributed by atoms with E-state index in [4.69, 9.17) is 0 Å². The van der Waals surface area contributed by atoms with Gasteiger partial charge < -0.3 is 5.32 Å². The van der Waals surface area contributed by atoms with Gasteiger partial charge in [0.1, 0.15) is 5.82 Å². The summed E-state index contributed by atoms with van der Waals surface area (Å²) in [5.74, 6) is -0.429. The molecule has 1 N–H and O–H groups in total. The minimum atomic E-state index is -3.65. The predicted molar refractivity (Wildman–Crippen MR) is 80.6 cm³/mol. The second kappa shape index (κ2) is 5.04. The number of nitrogens with one attached hydrogen (secondary N) is 1. The number of hydrogen-bond donors (Lipinski definition) is 1. The van der Waals surface area contributed by atoms with E-state index in [-0.39, 0.29) is 4.90 Å². The normalized spacial score (nSPS) is 14.1. The third-order valence-electron chi connectivity index (χ3n) is 3.63. The Morgan fingerprint density at radius 3 is 2.52 bits per heavy atom. The smallest absolute Gasteiger partial charge is 0.264 e. The molecule has 3 rings (SSSR count). The molecule has 4 nitrogen and oxygen atoms in total. The van der Waals surface area contributed by atoms with E-state index in [0.717, 1.165) is 11.3 Å². The van der Waals surface area contributed by atoms with Crippen LogP contribution >= 0.6 is 0 Å². The summed E-state index contributed by atoms with van der Waals surface area (Å²) in [5, 5.41) is 2.94. The maximum absolute atomic E-state index is 13.4. The summed E-state index contributed by atoms with van der Waals surface area (Å²) in [6.07, 6.45) is 0.601. The van der Waals surface area contributed by atoms with E-state index < -0.39 is 15.8 Å².